The minimum absolute atomic E-state index is 0.241. The molecule has 110 valence electrons. The quantitative estimate of drug-likeness (QED) is 0.319. The Morgan fingerprint density at radius 1 is 1.47 bits per heavy atom. The van der Waals surface area contributed by atoms with Gasteiger partial charge in [-0.15, -0.1) is 0 Å². The molecule has 5 nitrogen and oxygen atoms in total. The Bertz CT molecular complexity index is 361. The summed E-state index contributed by atoms with van der Waals surface area (Å²) in [6.07, 6.45) is -4.01. The van der Waals surface area contributed by atoms with Crippen molar-refractivity contribution in [1.82, 2.24) is 5.32 Å². The van der Waals surface area contributed by atoms with Crippen LogP contribution in [0.15, 0.2) is 5.16 Å². The van der Waals surface area contributed by atoms with E-state index in [9.17, 15) is 18.0 Å². The van der Waals surface area contributed by atoms with Gasteiger partial charge in [-0.1, -0.05) is 12.1 Å². The highest BCUT2D eigenvalue weighted by Crippen LogP contribution is 2.32. The fourth-order valence-electron chi connectivity index (χ4n) is 2.29. The van der Waals surface area contributed by atoms with Crippen LogP contribution < -0.4 is 11.1 Å². The molecule has 0 aromatic rings. The molecule has 0 spiro atoms. The van der Waals surface area contributed by atoms with Crippen molar-refractivity contribution in [3.63, 3.8) is 0 Å². The van der Waals surface area contributed by atoms with Gasteiger partial charge in [-0.2, -0.15) is 13.2 Å². The highest BCUT2D eigenvalue weighted by molar-refractivity contribution is 5.94. The number of nitrogens with zero attached hydrogens (tertiary/aromatic N) is 1. The third-order valence-corrected chi connectivity index (χ3v) is 3.47. The second-order valence-corrected chi connectivity index (χ2v) is 5.09. The second kappa shape index (κ2) is 5.66. The lowest BCUT2D eigenvalue weighted by molar-refractivity contribution is -0.154. The molecule has 1 aliphatic rings. The van der Waals surface area contributed by atoms with Crippen LogP contribution >= 0.6 is 0 Å². The Morgan fingerprint density at radius 3 is 2.42 bits per heavy atom. The topological polar surface area (TPSA) is 87.7 Å². The molecular weight excluding hydrogens is 263 g/mol. The summed E-state index contributed by atoms with van der Waals surface area (Å²) in [6.45, 7) is 2.01. The Morgan fingerprint density at radius 2 is 2.00 bits per heavy atom. The first kappa shape index (κ1) is 15.6. The fraction of sp³-hybridized carbons (Fsp3) is 0.818. The Kier molecular flexibility index (Phi) is 4.65. The summed E-state index contributed by atoms with van der Waals surface area (Å²) >= 11 is 0. The van der Waals surface area contributed by atoms with Crippen LogP contribution in [0.2, 0.25) is 0 Å². The number of nitrogens with two attached hydrogens (primary N) is 1. The number of oxime groups is 1. The fourth-order valence-corrected chi connectivity index (χ4v) is 2.29. The number of carbonyl (C=O) groups is 1. The number of hydrogen-bond acceptors (Lipinski definition) is 3. The number of carbonyl (C=O) groups excluding carboxylic acids is 1. The lowest BCUT2D eigenvalue weighted by atomic mass is 9.76. The van der Waals surface area contributed by atoms with Crippen LogP contribution in [-0.4, -0.2) is 28.7 Å². The zero-order valence-electron chi connectivity index (χ0n) is 10.6. The van der Waals surface area contributed by atoms with E-state index in [-0.39, 0.29) is 5.84 Å². The monoisotopic (exact) mass is 281 g/mol. The summed E-state index contributed by atoms with van der Waals surface area (Å²) in [5.74, 6) is -0.997. The van der Waals surface area contributed by atoms with Gasteiger partial charge in [0.2, 0.25) is 5.91 Å². The molecule has 1 fully saturated rings. The zero-order valence-corrected chi connectivity index (χ0v) is 10.6. The largest absolute Gasteiger partial charge is 0.409 e. The number of amidine groups is 1. The van der Waals surface area contributed by atoms with E-state index in [1.807, 2.05) is 6.92 Å². The molecule has 0 unspecified atom stereocenters. The van der Waals surface area contributed by atoms with Gasteiger partial charge in [0.15, 0.2) is 5.84 Å². The van der Waals surface area contributed by atoms with Gasteiger partial charge in [0, 0.05) is 0 Å². The van der Waals surface area contributed by atoms with E-state index in [1.54, 1.807) is 0 Å². The molecule has 0 heterocycles. The van der Waals surface area contributed by atoms with Gasteiger partial charge in [-0.05, 0) is 31.6 Å². The smallest absolute Gasteiger partial charge is 0.397 e. The average Bonchev–Trinajstić information content (AvgIpc) is 2.29. The Balaban J connectivity index is 2.79. The molecule has 0 aromatic carbocycles. The van der Waals surface area contributed by atoms with Crippen LogP contribution in [0.4, 0.5) is 13.2 Å². The van der Waals surface area contributed by atoms with E-state index in [0.29, 0.717) is 31.6 Å². The summed E-state index contributed by atoms with van der Waals surface area (Å²) in [5.41, 5.74) is 4.38. The molecule has 1 saturated carbocycles. The molecule has 0 atom stereocenters. The number of alkyl halides is 3. The van der Waals surface area contributed by atoms with E-state index >= 15 is 0 Å². The number of rotatable bonds is 3. The molecule has 0 radical (unpaired) electrons. The van der Waals surface area contributed by atoms with E-state index in [2.05, 4.69) is 10.5 Å². The molecule has 0 aromatic heterocycles. The molecule has 4 N–H and O–H groups in total. The number of amides is 1. The van der Waals surface area contributed by atoms with Gasteiger partial charge < -0.3 is 16.3 Å². The van der Waals surface area contributed by atoms with Gasteiger partial charge in [-0.3, -0.25) is 4.79 Å². The van der Waals surface area contributed by atoms with Crippen LogP contribution in [0.25, 0.3) is 0 Å². The minimum Gasteiger partial charge on any atom is -0.409 e. The van der Waals surface area contributed by atoms with Crippen molar-refractivity contribution in [2.75, 3.05) is 0 Å². The minimum atomic E-state index is -4.57. The first-order chi connectivity index (χ1) is 8.68. The normalized spacial score (nSPS) is 29.1. The maximum absolute atomic E-state index is 12.2. The van der Waals surface area contributed by atoms with Crippen LogP contribution in [-0.2, 0) is 4.79 Å². The molecule has 0 bridgehead atoms. The van der Waals surface area contributed by atoms with Crippen molar-refractivity contribution in [2.24, 2.45) is 16.8 Å². The maximum atomic E-state index is 12.2. The highest BCUT2D eigenvalue weighted by atomic mass is 19.4. The second-order valence-electron chi connectivity index (χ2n) is 5.09. The number of nitrogens with one attached hydrogen (secondary N) is 1. The standard InChI is InChI=1S/C11H18F3N3O2/c1-7-2-4-10(5-3-7,9(15)17-19)16-8(18)6-11(12,13)14/h7,19H,2-6H2,1H3,(H2,15,17)(H,16,18). The summed E-state index contributed by atoms with van der Waals surface area (Å²) < 4.78 is 36.5. The van der Waals surface area contributed by atoms with Crippen LogP contribution in [0.3, 0.4) is 0 Å². The molecule has 8 heteroatoms. The van der Waals surface area contributed by atoms with E-state index in [4.69, 9.17) is 10.9 Å². The Labute approximate surface area is 109 Å². The van der Waals surface area contributed by atoms with Gasteiger partial charge in [0.25, 0.3) is 0 Å². The first-order valence-corrected chi connectivity index (χ1v) is 6.04. The van der Waals surface area contributed by atoms with Crippen LogP contribution in [0, 0.1) is 5.92 Å². The molecular formula is C11H18F3N3O2. The molecule has 0 saturated heterocycles. The average molecular weight is 281 g/mol. The molecule has 1 aliphatic carbocycles. The van der Waals surface area contributed by atoms with Gasteiger partial charge in [-0.25, -0.2) is 0 Å². The van der Waals surface area contributed by atoms with Crippen molar-refractivity contribution in [3.8, 4) is 0 Å². The molecule has 19 heavy (non-hydrogen) atoms. The van der Waals surface area contributed by atoms with Crippen molar-refractivity contribution < 1.29 is 23.2 Å². The van der Waals surface area contributed by atoms with Gasteiger partial charge in [0.1, 0.15) is 12.0 Å². The SMILES string of the molecule is CC1CCC(NC(=O)CC(F)(F)F)(/C(N)=N/O)CC1. The molecule has 0 aliphatic heterocycles. The third kappa shape index (κ3) is 4.29. The maximum Gasteiger partial charge on any atom is 0.397 e. The van der Waals surface area contributed by atoms with E-state index in [0.717, 1.165) is 0 Å². The molecule has 1 rings (SSSR count). The predicted molar refractivity (Wildman–Crippen MR) is 62.6 cm³/mol. The predicted octanol–water partition coefficient (Wildman–Crippen LogP) is 1.75. The van der Waals surface area contributed by atoms with Crippen molar-refractivity contribution in [3.05, 3.63) is 0 Å². The van der Waals surface area contributed by atoms with Crippen molar-refractivity contribution >= 4 is 11.7 Å². The highest BCUT2D eigenvalue weighted by Gasteiger charge is 2.42. The van der Waals surface area contributed by atoms with Crippen LogP contribution in [0.5, 0.6) is 0 Å². The van der Waals surface area contributed by atoms with E-state index < -0.39 is 24.0 Å². The van der Waals surface area contributed by atoms with E-state index in [1.165, 1.54) is 0 Å². The zero-order chi connectivity index (χ0) is 14.7. The van der Waals surface area contributed by atoms with Crippen molar-refractivity contribution in [1.29, 1.82) is 0 Å². The molecule has 1 amide bonds. The van der Waals surface area contributed by atoms with Gasteiger partial charge in [0.05, 0.1) is 0 Å². The Hall–Kier alpha value is -1.47. The summed E-state index contributed by atoms with van der Waals surface area (Å²) in [5, 5.41) is 13.9. The third-order valence-electron chi connectivity index (χ3n) is 3.47. The van der Waals surface area contributed by atoms with Crippen molar-refractivity contribution in [2.45, 2.75) is 50.7 Å². The summed E-state index contributed by atoms with van der Waals surface area (Å²) in [6, 6.07) is 0. The summed E-state index contributed by atoms with van der Waals surface area (Å²) in [7, 11) is 0. The number of halogens is 3. The lowest BCUT2D eigenvalue weighted by Crippen LogP contribution is -2.59. The number of hydrogen-bond donors (Lipinski definition) is 3. The van der Waals surface area contributed by atoms with Gasteiger partial charge >= 0.3 is 6.18 Å². The summed E-state index contributed by atoms with van der Waals surface area (Å²) in [4.78, 5) is 11.4. The first-order valence-electron chi connectivity index (χ1n) is 6.04. The van der Waals surface area contributed by atoms with Crippen LogP contribution in [0.1, 0.15) is 39.0 Å². The lowest BCUT2D eigenvalue weighted by Gasteiger charge is -2.39.